The van der Waals surface area contributed by atoms with E-state index in [1.165, 1.54) is 0 Å². The fraction of sp³-hybridized carbons (Fsp3) is 0.182. The largest absolute Gasteiger partial charge is 0.394 e. The number of hydrogen-bond acceptors (Lipinski definition) is 2. The van der Waals surface area contributed by atoms with E-state index in [1.54, 1.807) is 0 Å². The van der Waals surface area contributed by atoms with Crippen LogP contribution >= 0.6 is 0 Å². The average molecular weight is 320 g/mol. The number of aliphatic hydroxyl groups excluding tert-OH is 1. The Morgan fingerprint density at radius 1 is 1.04 bits per heavy atom. The van der Waals surface area contributed by atoms with E-state index in [0.29, 0.717) is 0 Å². The Hall–Kier alpha value is -2.42. The van der Waals surface area contributed by atoms with Crippen molar-refractivity contribution < 1.29 is 9.84 Å². The lowest BCUT2D eigenvalue weighted by Crippen LogP contribution is -2.34. The number of ether oxygens (including phenoxy) is 1. The van der Waals surface area contributed by atoms with Crippen LogP contribution in [0.25, 0.3) is 0 Å². The molecule has 2 heteroatoms. The molecular weight excluding hydrogens is 296 g/mol. The lowest BCUT2D eigenvalue weighted by molar-refractivity contribution is -0.00688. The van der Waals surface area contributed by atoms with Crippen LogP contribution in [-0.2, 0) is 10.3 Å². The molecule has 0 saturated heterocycles. The van der Waals surface area contributed by atoms with E-state index < -0.39 is 5.60 Å². The van der Waals surface area contributed by atoms with E-state index in [9.17, 15) is 5.11 Å². The van der Waals surface area contributed by atoms with Crippen molar-refractivity contribution in [3.05, 3.63) is 108 Å². The molecule has 2 rings (SSSR count). The molecule has 1 N–H and O–H groups in total. The standard InChI is InChI=1S/C22H24O2/c1-3-5-12-19(4-2)22(24-18-17-23,20-13-8-6-9-14-20)21-15-10-7-11-16-21/h3-16,23H,2,17-18H2,1H3/b5-3-,19-12+. The second kappa shape index (κ2) is 9.02. The Bertz CT molecular complexity index is 645. The Balaban J connectivity index is 2.75. The maximum absolute atomic E-state index is 9.37. The van der Waals surface area contributed by atoms with Gasteiger partial charge in [-0.1, -0.05) is 91.5 Å². The molecule has 0 atom stereocenters. The Morgan fingerprint density at radius 2 is 1.58 bits per heavy atom. The smallest absolute Gasteiger partial charge is 0.143 e. The number of allylic oxidation sites excluding steroid dienone is 3. The first-order chi connectivity index (χ1) is 11.8. The van der Waals surface area contributed by atoms with E-state index in [0.717, 1.165) is 16.7 Å². The molecule has 2 aromatic rings. The molecule has 2 aromatic carbocycles. The molecule has 0 aromatic heterocycles. The maximum Gasteiger partial charge on any atom is 0.143 e. The van der Waals surface area contributed by atoms with Gasteiger partial charge in [-0.2, -0.15) is 0 Å². The zero-order valence-corrected chi connectivity index (χ0v) is 14.1. The van der Waals surface area contributed by atoms with Crippen LogP contribution < -0.4 is 0 Å². The Morgan fingerprint density at radius 3 is 2.00 bits per heavy atom. The minimum atomic E-state index is -0.813. The van der Waals surface area contributed by atoms with Crippen LogP contribution in [0.15, 0.2) is 97.1 Å². The van der Waals surface area contributed by atoms with Gasteiger partial charge in [-0.15, -0.1) is 0 Å². The zero-order chi connectivity index (χ0) is 17.3. The maximum atomic E-state index is 9.37. The molecule has 0 amide bonds. The van der Waals surface area contributed by atoms with E-state index in [1.807, 2.05) is 91.9 Å². The average Bonchev–Trinajstić information content (AvgIpc) is 2.66. The van der Waals surface area contributed by atoms with Gasteiger partial charge in [-0.05, 0) is 23.6 Å². The van der Waals surface area contributed by atoms with Crippen molar-refractivity contribution in [2.24, 2.45) is 0 Å². The summed E-state index contributed by atoms with van der Waals surface area (Å²) in [4.78, 5) is 0. The quantitative estimate of drug-likeness (QED) is 0.719. The Labute approximate surface area is 144 Å². The highest BCUT2D eigenvalue weighted by atomic mass is 16.5. The highest BCUT2D eigenvalue weighted by molar-refractivity contribution is 5.50. The van der Waals surface area contributed by atoms with Gasteiger partial charge in [0.15, 0.2) is 0 Å². The lowest BCUT2D eigenvalue weighted by Gasteiger charge is -2.36. The minimum Gasteiger partial charge on any atom is -0.394 e. The highest BCUT2D eigenvalue weighted by Gasteiger charge is 2.37. The van der Waals surface area contributed by atoms with Crippen molar-refractivity contribution in [3.8, 4) is 0 Å². The summed E-state index contributed by atoms with van der Waals surface area (Å²) in [6.45, 7) is 6.15. The fourth-order valence-corrected chi connectivity index (χ4v) is 2.82. The molecule has 0 heterocycles. The van der Waals surface area contributed by atoms with Gasteiger partial charge < -0.3 is 9.84 Å². The molecule has 124 valence electrons. The van der Waals surface area contributed by atoms with Crippen LogP contribution in [-0.4, -0.2) is 18.3 Å². The molecule has 0 radical (unpaired) electrons. The summed E-state index contributed by atoms with van der Waals surface area (Å²) in [6, 6.07) is 20.1. The van der Waals surface area contributed by atoms with Gasteiger partial charge in [0.1, 0.15) is 5.60 Å². The third-order valence-electron chi connectivity index (χ3n) is 3.87. The summed E-state index contributed by atoms with van der Waals surface area (Å²) in [5.74, 6) is 0. The first-order valence-corrected chi connectivity index (χ1v) is 8.11. The number of rotatable bonds is 8. The van der Waals surface area contributed by atoms with E-state index in [-0.39, 0.29) is 13.2 Å². The van der Waals surface area contributed by atoms with Gasteiger partial charge in [0.2, 0.25) is 0 Å². The number of hydrogen-bond donors (Lipinski definition) is 1. The van der Waals surface area contributed by atoms with E-state index in [2.05, 4.69) is 6.58 Å². The molecule has 24 heavy (non-hydrogen) atoms. The van der Waals surface area contributed by atoms with Gasteiger partial charge in [0.25, 0.3) is 0 Å². The van der Waals surface area contributed by atoms with Gasteiger partial charge in [-0.3, -0.25) is 0 Å². The van der Waals surface area contributed by atoms with Crippen molar-refractivity contribution in [2.75, 3.05) is 13.2 Å². The van der Waals surface area contributed by atoms with E-state index in [4.69, 9.17) is 4.74 Å². The summed E-state index contributed by atoms with van der Waals surface area (Å²) >= 11 is 0. The van der Waals surface area contributed by atoms with Gasteiger partial charge >= 0.3 is 0 Å². The van der Waals surface area contributed by atoms with Crippen molar-refractivity contribution in [2.45, 2.75) is 12.5 Å². The number of aliphatic hydroxyl groups is 1. The first kappa shape index (κ1) is 17.9. The molecule has 0 spiro atoms. The molecule has 0 aliphatic rings. The van der Waals surface area contributed by atoms with E-state index >= 15 is 0 Å². The molecule has 0 fully saturated rings. The summed E-state index contributed by atoms with van der Waals surface area (Å²) < 4.78 is 6.28. The second-order valence-corrected chi connectivity index (χ2v) is 5.34. The highest BCUT2D eigenvalue weighted by Crippen LogP contribution is 2.41. The second-order valence-electron chi connectivity index (χ2n) is 5.34. The zero-order valence-electron chi connectivity index (χ0n) is 14.1. The predicted octanol–water partition coefficient (Wildman–Crippen LogP) is 4.63. The lowest BCUT2D eigenvalue weighted by atomic mass is 9.79. The molecule has 2 nitrogen and oxygen atoms in total. The summed E-state index contributed by atoms with van der Waals surface area (Å²) in [5.41, 5.74) is 2.11. The van der Waals surface area contributed by atoms with Crippen LogP contribution in [0.3, 0.4) is 0 Å². The molecule has 0 saturated carbocycles. The topological polar surface area (TPSA) is 29.5 Å². The van der Waals surface area contributed by atoms with Gasteiger partial charge in [0.05, 0.1) is 13.2 Å². The predicted molar refractivity (Wildman–Crippen MR) is 99.8 cm³/mol. The molecule has 0 aliphatic heterocycles. The summed E-state index contributed by atoms with van der Waals surface area (Å²) in [6.07, 6.45) is 7.76. The minimum absolute atomic E-state index is 0.0462. The summed E-state index contributed by atoms with van der Waals surface area (Å²) in [5, 5.41) is 9.37. The van der Waals surface area contributed by atoms with Gasteiger partial charge in [0, 0.05) is 0 Å². The van der Waals surface area contributed by atoms with Crippen LogP contribution in [0.5, 0.6) is 0 Å². The third-order valence-corrected chi connectivity index (χ3v) is 3.87. The molecule has 0 unspecified atom stereocenters. The van der Waals surface area contributed by atoms with Crippen molar-refractivity contribution in [1.82, 2.24) is 0 Å². The number of benzene rings is 2. The Kier molecular flexibility index (Phi) is 6.74. The fourth-order valence-electron chi connectivity index (χ4n) is 2.82. The van der Waals surface area contributed by atoms with Crippen LogP contribution in [0, 0.1) is 0 Å². The molecular formula is C22H24O2. The van der Waals surface area contributed by atoms with Crippen molar-refractivity contribution in [1.29, 1.82) is 0 Å². The van der Waals surface area contributed by atoms with Gasteiger partial charge in [-0.25, -0.2) is 0 Å². The van der Waals surface area contributed by atoms with Crippen molar-refractivity contribution in [3.63, 3.8) is 0 Å². The SMILES string of the molecule is C=C/C(=C\C=C/C)C(OCCO)(c1ccccc1)c1ccccc1. The third kappa shape index (κ3) is 3.73. The molecule has 0 aliphatic carbocycles. The van der Waals surface area contributed by atoms with Crippen LogP contribution in [0.4, 0.5) is 0 Å². The van der Waals surface area contributed by atoms with Crippen LogP contribution in [0.2, 0.25) is 0 Å². The first-order valence-electron chi connectivity index (χ1n) is 8.11. The monoisotopic (exact) mass is 320 g/mol. The van der Waals surface area contributed by atoms with Crippen LogP contribution in [0.1, 0.15) is 18.1 Å². The van der Waals surface area contributed by atoms with Crippen molar-refractivity contribution >= 4 is 0 Å². The molecule has 0 bridgehead atoms. The summed E-state index contributed by atoms with van der Waals surface area (Å²) in [7, 11) is 0. The normalized spacial score (nSPS) is 12.5.